The maximum Gasteiger partial charge on any atom is 0.508 e. The summed E-state index contributed by atoms with van der Waals surface area (Å²) in [6.45, 7) is 2.13. The zero-order valence-corrected chi connectivity index (χ0v) is 19.4. The van der Waals surface area contributed by atoms with Gasteiger partial charge in [0.15, 0.2) is 0 Å². The van der Waals surface area contributed by atoms with Crippen LogP contribution in [0.1, 0.15) is 110 Å². The molecule has 0 aliphatic carbocycles. The maximum atomic E-state index is 11.0. The van der Waals surface area contributed by atoms with Crippen LogP contribution in [-0.2, 0) is 9.47 Å². The Morgan fingerprint density at radius 2 is 1.21 bits per heavy atom. The Balaban J connectivity index is 3.18. The molecule has 0 fully saturated rings. The van der Waals surface area contributed by atoms with Crippen LogP contribution in [-0.4, -0.2) is 42.6 Å². The van der Waals surface area contributed by atoms with Crippen LogP contribution in [0, 0.1) is 0 Å². The molecule has 0 aromatic rings. The number of ether oxygens (including phenoxy) is 2. The molecule has 0 aliphatic rings. The number of rotatable bonds is 21. The Morgan fingerprint density at radius 3 is 1.61 bits per heavy atom. The first kappa shape index (κ1) is 27.6. The second kappa shape index (κ2) is 22.9. The Morgan fingerprint density at radius 1 is 0.786 bits per heavy atom. The maximum absolute atomic E-state index is 11.0. The van der Waals surface area contributed by atoms with E-state index in [1.165, 1.54) is 110 Å². The number of hydrogen-bond donors (Lipinski definition) is 1. The molecule has 1 N–H and O–H groups in total. The van der Waals surface area contributed by atoms with Crippen LogP contribution in [0.4, 0.5) is 4.79 Å². The molecule has 0 radical (unpaired) electrons. The highest BCUT2D eigenvalue weighted by Gasteiger charge is 2.13. The van der Waals surface area contributed by atoms with Crippen LogP contribution in [0.25, 0.3) is 0 Å². The van der Waals surface area contributed by atoms with Gasteiger partial charge in [-0.3, -0.25) is 0 Å². The second-order valence-electron chi connectivity index (χ2n) is 7.75. The molecule has 0 saturated heterocycles. The van der Waals surface area contributed by atoms with Crippen molar-refractivity contribution in [3.05, 3.63) is 0 Å². The van der Waals surface area contributed by atoms with E-state index in [0.29, 0.717) is 5.75 Å². The Labute approximate surface area is 178 Å². The minimum Gasteiger partial charge on any atom is -0.438 e. The van der Waals surface area contributed by atoms with Gasteiger partial charge in [0.1, 0.15) is 6.10 Å². The highest BCUT2D eigenvalue weighted by atomic mass is 32.2. The molecule has 0 amide bonds. The molecule has 4 nitrogen and oxygen atoms in total. The van der Waals surface area contributed by atoms with E-state index in [0.717, 1.165) is 5.75 Å². The van der Waals surface area contributed by atoms with Gasteiger partial charge >= 0.3 is 6.16 Å². The molecule has 0 saturated carbocycles. The lowest BCUT2D eigenvalue weighted by Crippen LogP contribution is -2.24. The number of carbonyl (C=O) groups is 1. The van der Waals surface area contributed by atoms with Crippen LogP contribution in [0.15, 0.2) is 0 Å². The van der Waals surface area contributed by atoms with E-state index in [2.05, 4.69) is 11.7 Å². The molecule has 1 atom stereocenters. The average Bonchev–Trinajstić information content (AvgIpc) is 2.71. The lowest BCUT2D eigenvalue weighted by Gasteiger charge is -2.13. The summed E-state index contributed by atoms with van der Waals surface area (Å²) < 4.78 is 9.39. The number of methoxy groups -OCH3 is 1. The first-order valence-electron chi connectivity index (χ1n) is 11.7. The van der Waals surface area contributed by atoms with Crippen molar-refractivity contribution in [1.82, 2.24) is 0 Å². The summed E-state index contributed by atoms with van der Waals surface area (Å²) >= 11 is 1.73. The third kappa shape index (κ3) is 20.3. The van der Waals surface area contributed by atoms with Crippen molar-refractivity contribution in [1.29, 1.82) is 0 Å². The van der Waals surface area contributed by atoms with Crippen molar-refractivity contribution >= 4 is 17.9 Å². The monoisotopic (exact) mass is 418 g/mol. The number of unbranched alkanes of at least 4 members (excludes halogenated alkanes) is 15. The summed E-state index contributed by atoms with van der Waals surface area (Å²) in [5.74, 6) is 1.68. The fourth-order valence-electron chi connectivity index (χ4n) is 3.28. The van der Waals surface area contributed by atoms with Crippen molar-refractivity contribution in [2.75, 3.05) is 25.2 Å². The topological polar surface area (TPSA) is 55.8 Å². The largest absolute Gasteiger partial charge is 0.508 e. The highest BCUT2D eigenvalue weighted by Crippen LogP contribution is 2.15. The van der Waals surface area contributed by atoms with Gasteiger partial charge in [0, 0.05) is 5.75 Å². The van der Waals surface area contributed by atoms with E-state index >= 15 is 0 Å². The number of aliphatic hydroxyl groups excluding tert-OH is 1. The zero-order valence-electron chi connectivity index (χ0n) is 18.6. The van der Waals surface area contributed by atoms with Crippen molar-refractivity contribution in [3.8, 4) is 0 Å². The third-order valence-corrected chi connectivity index (χ3v) is 6.26. The van der Waals surface area contributed by atoms with Crippen LogP contribution >= 0.6 is 11.8 Å². The fraction of sp³-hybridized carbons (Fsp3) is 0.957. The standard InChI is InChI=1S/C23H46O4S/c1-3-4-5-6-7-8-9-10-11-12-13-14-15-16-17-18-19-28-21-22(20-24)27-23(25)26-2/h22,24H,3-21H2,1-2H3. The van der Waals surface area contributed by atoms with Gasteiger partial charge in [0.2, 0.25) is 0 Å². The lowest BCUT2D eigenvalue weighted by atomic mass is 10.0. The minimum absolute atomic E-state index is 0.152. The zero-order chi connectivity index (χ0) is 20.7. The first-order chi connectivity index (χ1) is 13.7. The van der Waals surface area contributed by atoms with Gasteiger partial charge in [0.05, 0.1) is 13.7 Å². The average molecular weight is 419 g/mol. The normalized spacial score (nSPS) is 12.1. The molecule has 0 aromatic heterocycles. The number of carbonyl (C=O) groups excluding carboxylic acids is 1. The quantitative estimate of drug-likeness (QED) is 0.159. The SMILES string of the molecule is CCCCCCCCCCCCCCCCCCSCC(CO)OC(=O)OC. The van der Waals surface area contributed by atoms with Crippen molar-refractivity contribution in [2.24, 2.45) is 0 Å². The smallest absolute Gasteiger partial charge is 0.438 e. The molecule has 0 aromatic carbocycles. The number of thioether (sulfide) groups is 1. The highest BCUT2D eigenvalue weighted by molar-refractivity contribution is 7.99. The lowest BCUT2D eigenvalue weighted by molar-refractivity contribution is 0.0229. The van der Waals surface area contributed by atoms with Gasteiger partial charge in [-0.2, -0.15) is 11.8 Å². The first-order valence-corrected chi connectivity index (χ1v) is 12.8. The van der Waals surface area contributed by atoms with E-state index in [1.54, 1.807) is 11.8 Å². The van der Waals surface area contributed by atoms with Crippen LogP contribution in [0.2, 0.25) is 0 Å². The molecule has 0 bridgehead atoms. The molecular weight excluding hydrogens is 372 g/mol. The van der Waals surface area contributed by atoms with Crippen molar-refractivity contribution in [2.45, 2.75) is 116 Å². The molecular formula is C23H46O4S. The molecule has 5 heteroatoms. The van der Waals surface area contributed by atoms with E-state index in [-0.39, 0.29) is 6.61 Å². The second-order valence-corrected chi connectivity index (χ2v) is 8.90. The molecule has 0 aliphatic heterocycles. The number of hydrogen-bond acceptors (Lipinski definition) is 5. The van der Waals surface area contributed by atoms with Gasteiger partial charge < -0.3 is 14.6 Å². The van der Waals surface area contributed by atoms with Gasteiger partial charge in [-0.15, -0.1) is 0 Å². The van der Waals surface area contributed by atoms with E-state index in [1.807, 2.05) is 0 Å². The van der Waals surface area contributed by atoms with Gasteiger partial charge in [-0.25, -0.2) is 4.79 Å². The summed E-state index contributed by atoms with van der Waals surface area (Å²) in [6, 6.07) is 0. The minimum atomic E-state index is -0.720. The Bertz CT molecular complexity index is 326. The molecule has 0 rings (SSSR count). The molecule has 28 heavy (non-hydrogen) atoms. The summed E-state index contributed by atoms with van der Waals surface area (Å²) in [6.07, 6.45) is 20.9. The van der Waals surface area contributed by atoms with Crippen LogP contribution in [0.5, 0.6) is 0 Å². The van der Waals surface area contributed by atoms with Crippen molar-refractivity contribution < 1.29 is 19.4 Å². The Hall–Kier alpha value is -0.420. The molecule has 1 unspecified atom stereocenters. The summed E-state index contributed by atoms with van der Waals surface area (Å²) in [4.78, 5) is 11.0. The summed E-state index contributed by atoms with van der Waals surface area (Å²) in [7, 11) is 1.28. The summed E-state index contributed by atoms with van der Waals surface area (Å²) in [5.41, 5.74) is 0. The van der Waals surface area contributed by atoms with Gasteiger partial charge in [-0.1, -0.05) is 103 Å². The fourth-order valence-corrected chi connectivity index (χ4v) is 4.29. The van der Waals surface area contributed by atoms with E-state index < -0.39 is 12.3 Å². The molecule has 0 heterocycles. The molecule has 168 valence electrons. The molecule has 0 spiro atoms. The van der Waals surface area contributed by atoms with Crippen LogP contribution in [0.3, 0.4) is 0 Å². The van der Waals surface area contributed by atoms with Gasteiger partial charge in [0.25, 0.3) is 0 Å². The van der Waals surface area contributed by atoms with Crippen molar-refractivity contribution in [3.63, 3.8) is 0 Å². The Kier molecular flexibility index (Phi) is 22.5. The summed E-state index contributed by atoms with van der Waals surface area (Å²) in [5, 5.41) is 9.17. The third-order valence-electron chi connectivity index (χ3n) is 5.08. The van der Waals surface area contributed by atoms with Gasteiger partial charge in [-0.05, 0) is 12.2 Å². The van der Waals surface area contributed by atoms with E-state index in [4.69, 9.17) is 9.84 Å². The van der Waals surface area contributed by atoms with E-state index in [9.17, 15) is 4.79 Å². The number of aliphatic hydroxyl groups is 1. The predicted octanol–water partition coefficient (Wildman–Crippen LogP) is 7.13. The predicted molar refractivity (Wildman–Crippen MR) is 121 cm³/mol. The van der Waals surface area contributed by atoms with Crippen LogP contribution < -0.4 is 0 Å².